The normalized spacial score (nSPS) is 15.0. The number of likely N-dealkylation sites (tertiary alicyclic amines) is 1. The molecule has 2 amide bonds. The lowest BCUT2D eigenvalue weighted by atomic mass is 9.76. The summed E-state index contributed by atoms with van der Waals surface area (Å²) in [5.74, 6) is 1.21. The second-order valence-corrected chi connectivity index (χ2v) is 10.1. The van der Waals surface area contributed by atoms with Crippen molar-refractivity contribution >= 4 is 12.0 Å². The smallest absolute Gasteiger partial charge is 0.410 e. The zero-order valence-electron chi connectivity index (χ0n) is 23.7. The lowest BCUT2D eigenvalue weighted by molar-refractivity contribution is -0.126. The Labute approximate surface area is 237 Å². The van der Waals surface area contributed by atoms with E-state index in [1.54, 1.807) is 19.1 Å². The minimum absolute atomic E-state index is 0.226. The van der Waals surface area contributed by atoms with Gasteiger partial charge in [-0.3, -0.25) is 9.69 Å². The molecule has 0 bridgehead atoms. The van der Waals surface area contributed by atoms with Crippen LogP contribution in [0.3, 0.4) is 0 Å². The van der Waals surface area contributed by atoms with Crippen LogP contribution in [0.1, 0.15) is 62.1 Å². The Balaban J connectivity index is 1.70. The van der Waals surface area contributed by atoms with Gasteiger partial charge < -0.3 is 19.5 Å². The van der Waals surface area contributed by atoms with Crippen molar-refractivity contribution in [3.63, 3.8) is 0 Å². The molecule has 0 radical (unpaired) electrons. The molecule has 0 saturated carbocycles. The summed E-state index contributed by atoms with van der Waals surface area (Å²) in [4.78, 5) is 28.7. The first-order chi connectivity index (χ1) is 19.5. The maximum absolute atomic E-state index is 14.1. The second-order valence-electron chi connectivity index (χ2n) is 10.1. The van der Waals surface area contributed by atoms with E-state index in [0.29, 0.717) is 19.6 Å². The predicted molar refractivity (Wildman–Crippen MR) is 156 cm³/mol. The summed E-state index contributed by atoms with van der Waals surface area (Å²) in [5.41, 5.74) is 1.58. The number of carbonyl (C=O) groups excluding carboxylic acids is 2. The zero-order valence-corrected chi connectivity index (χ0v) is 23.7. The maximum atomic E-state index is 14.1. The van der Waals surface area contributed by atoms with Crippen LogP contribution in [0.25, 0.3) is 0 Å². The predicted octanol–water partition coefficient (Wildman–Crippen LogP) is 6.29. The van der Waals surface area contributed by atoms with Gasteiger partial charge in [0.2, 0.25) is 5.91 Å². The van der Waals surface area contributed by atoms with Gasteiger partial charge >= 0.3 is 6.09 Å². The Morgan fingerprint density at radius 2 is 1.40 bits per heavy atom. The third kappa shape index (κ3) is 6.41. The molecule has 7 heteroatoms. The number of hydrogen-bond acceptors (Lipinski definition) is 5. The van der Waals surface area contributed by atoms with E-state index in [1.807, 2.05) is 78.9 Å². The molecule has 1 aliphatic heterocycles. The van der Waals surface area contributed by atoms with Gasteiger partial charge in [-0.2, -0.15) is 0 Å². The molecule has 1 unspecified atom stereocenters. The SMILES string of the molecule is CCCCCCOC(=O)N1CCCC1C(=O)NC(c1ccccc1)(c1ccc(OC)cc1)c1ccc(OC)cc1. The second kappa shape index (κ2) is 13.9. The molecule has 1 fully saturated rings. The summed E-state index contributed by atoms with van der Waals surface area (Å²) in [6, 6.07) is 24.7. The van der Waals surface area contributed by atoms with Crippen LogP contribution in [-0.2, 0) is 15.1 Å². The van der Waals surface area contributed by atoms with Gasteiger partial charge in [-0.1, -0.05) is 80.8 Å². The quantitative estimate of drug-likeness (QED) is 0.214. The molecule has 3 aromatic rings. The van der Waals surface area contributed by atoms with E-state index in [1.165, 1.54) is 0 Å². The number of benzene rings is 3. The minimum Gasteiger partial charge on any atom is -0.497 e. The van der Waals surface area contributed by atoms with Crippen molar-refractivity contribution in [3.05, 3.63) is 95.6 Å². The summed E-state index contributed by atoms with van der Waals surface area (Å²) in [7, 11) is 3.25. The van der Waals surface area contributed by atoms with E-state index in [0.717, 1.165) is 60.3 Å². The van der Waals surface area contributed by atoms with Gasteiger partial charge in [-0.15, -0.1) is 0 Å². The third-order valence-electron chi connectivity index (χ3n) is 7.58. The van der Waals surface area contributed by atoms with Crippen LogP contribution < -0.4 is 14.8 Å². The van der Waals surface area contributed by atoms with Gasteiger partial charge in [0.25, 0.3) is 0 Å². The van der Waals surface area contributed by atoms with Crippen molar-refractivity contribution in [2.75, 3.05) is 27.4 Å². The molecule has 3 aromatic carbocycles. The molecule has 0 aromatic heterocycles. The number of methoxy groups -OCH3 is 2. The first-order valence-corrected chi connectivity index (χ1v) is 14.1. The lowest BCUT2D eigenvalue weighted by Crippen LogP contribution is -2.54. The average Bonchev–Trinajstić information content (AvgIpc) is 3.51. The van der Waals surface area contributed by atoms with Crippen molar-refractivity contribution in [1.29, 1.82) is 0 Å². The summed E-state index contributed by atoms with van der Waals surface area (Å²) < 4.78 is 16.4. The summed E-state index contributed by atoms with van der Waals surface area (Å²) >= 11 is 0. The Kier molecular flexibility index (Phi) is 10.1. The largest absolute Gasteiger partial charge is 0.497 e. The number of rotatable bonds is 12. The minimum atomic E-state index is -1.03. The van der Waals surface area contributed by atoms with E-state index in [9.17, 15) is 9.59 Å². The van der Waals surface area contributed by atoms with E-state index >= 15 is 0 Å². The number of hydrogen-bond donors (Lipinski definition) is 1. The first kappa shape index (κ1) is 29.0. The van der Waals surface area contributed by atoms with E-state index in [-0.39, 0.29) is 5.91 Å². The van der Waals surface area contributed by atoms with Crippen molar-refractivity contribution in [3.8, 4) is 11.5 Å². The van der Waals surface area contributed by atoms with E-state index in [2.05, 4.69) is 12.2 Å². The molecular formula is C33H40N2O5. The maximum Gasteiger partial charge on any atom is 0.410 e. The molecule has 0 aliphatic carbocycles. The highest BCUT2D eigenvalue weighted by Crippen LogP contribution is 2.39. The highest BCUT2D eigenvalue weighted by molar-refractivity contribution is 5.88. The molecule has 4 rings (SSSR count). The number of nitrogens with zero attached hydrogens (tertiary/aromatic N) is 1. The van der Waals surface area contributed by atoms with Crippen molar-refractivity contribution in [2.24, 2.45) is 0 Å². The van der Waals surface area contributed by atoms with Crippen LogP contribution >= 0.6 is 0 Å². The van der Waals surface area contributed by atoms with Gasteiger partial charge in [0.05, 0.1) is 20.8 Å². The molecule has 1 saturated heterocycles. The topological polar surface area (TPSA) is 77.1 Å². The highest BCUT2D eigenvalue weighted by atomic mass is 16.6. The number of carbonyl (C=O) groups is 2. The Hall–Kier alpha value is -4.00. The van der Waals surface area contributed by atoms with Crippen LogP contribution in [0, 0.1) is 0 Å². The van der Waals surface area contributed by atoms with Gasteiger partial charge in [0, 0.05) is 6.54 Å². The van der Waals surface area contributed by atoms with Gasteiger partial charge in [0.15, 0.2) is 0 Å². The monoisotopic (exact) mass is 544 g/mol. The molecular weight excluding hydrogens is 504 g/mol. The molecule has 212 valence electrons. The molecule has 1 aliphatic rings. The van der Waals surface area contributed by atoms with Gasteiger partial charge in [-0.25, -0.2) is 4.79 Å². The van der Waals surface area contributed by atoms with Crippen molar-refractivity contribution < 1.29 is 23.8 Å². The van der Waals surface area contributed by atoms with Gasteiger partial charge in [0.1, 0.15) is 23.1 Å². The fraction of sp³-hybridized carbons (Fsp3) is 0.394. The van der Waals surface area contributed by atoms with Crippen LogP contribution in [0.4, 0.5) is 4.79 Å². The first-order valence-electron chi connectivity index (χ1n) is 14.1. The van der Waals surface area contributed by atoms with Gasteiger partial charge in [-0.05, 0) is 60.2 Å². The number of nitrogens with one attached hydrogen (secondary N) is 1. The Morgan fingerprint density at radius 3 is 1.95 bits per heavy atom. The van der Waals surface area contributed by atoms with E-state index < -0.39 is 17.7 Å². The number of ether oxygens (including phenoxy) is 3. The number of amides is 2. The molecule has 1 heterocycles. The van der Waals surface area contributed by atoms with Crippen molar-refractivity contribution in [2.45, 2.75) is 57.0 Å². The average molecular weight is 545 g/mol. The summed E-state index contributed by atoms with van der Waals surface area (Å²) in [6.07, 6.45) is 4.99. The van der Waals surface area contributed by atoms with Crippen molar-refractivity contribution in [1.82, 2.24) is 10.2 Å². The molecule has 40 heavy (non-hydrogen) atoms. The molecule has 0 spiro atoms. The molecule has 7 nitrogen and oxygen atoms in total. The fourth-order valence-electron chi connectivity index (χ4n) is 5.38. The Morgan fingerprint density at radius 1 is 0.825 bits per heavy atom. The highest BCUT2D eigenvalue weighted by Gasteiger charge is 2.43. The van der Waals surface area contributed by atoms with Crippen LogP contribution in [0.5, 0.6) is 11.5 Å². The van der Waals surface area contributed by atoms with Crippen LogP contribution in [-0.4, -0.2) is 50.3 Å². The fourth-order valence-corrected chi connectivity index (χ4v) is 5.38. The summed E-state index contributed by atoms with van der Waals surface area (Å²) in [5, 5.41) is 3.40. The van der Waals surface area contributed by atoms with E-state index in [4.69, 9.17) is 14.2 Å². The molecule has 1 atom stereocenters. The standard InChI is InChI=1S/C33H40N2O5/c1-4-5-6-10-24-40-32(37)35-23-11-14-30(35)31(36)34-33(25-12-8-7-9-13-25,26-15-19-28(38-2)20-16-26)27-17-21-29(39-3)22-18-27/h7-9,12-13,15-22,30H,4-6,10-11,14,23-24H2,1-3H3,(H,34,36). The number of unbranched alkanes of at least 4 members (excludes halogenated alkanes) is 3. The van der Waals surface area contributed by atoms with Crippen LogP contribution in [0.2, 0.25) is 0 Å². The summed E-state index contributed by atoms with van der Waals surface area (Å²) in [6.45, 7) is 3.01. The Bertz CT molecular complexity index is 1180. The lowest BCUT2D eigenvalue weighted by Gasteiger charge is -2.38. The zero-order chi connectivity index (χ0) is 28.4. The van der Waals surface area contributed by atoms with Crippen LogP contribution in [0.15, 0.2) is 78.9 Å². The third-order valence-corrected chi connectivity index (χ3v) is 7.58. The molecule has 1 N–H and O–H groups in total.